The lowest BCUT2D eigenvalue weighted by Crippen LogP contribution is -2.35. The fourth-order valence-electron chi connectivity index (χ4n) is 1.92. The topological polar surface area (TPSA) is 38.3 Å². The van der Waals surface area contributed by atoms with Gasteiger partial charge in [0, 0.05) is 10.9 Å². The Morgan fingerprint density at radius 3 is 2.79 bits per heavy atom. The number of alkyl carbamates (subject to hydrolysis) is 1. The zero-order valence-electron chi connectivity index (χ0n) is 11.2. The van der Waals surface area contributed by atoms with Gasteiger partial charge in [-0.25, -0.2) is 9.18 Å². The van der Waals surface area contributed by atoms with E-state index in [1.54, 1.807) is 39.0 Å². The van der Waals surface area contributed by atoms with Crippen LogP contribution in [0.5, 0.6) is 0 Å². The van der Waals surface area contributed by atoms with Crippen molar-refractivity contribution in [1.82, 2.24) is 5.32 Å². The van der Waals surface area contributed by atoms with Gasteiger partial charge in [-0.05, 0) is 38.5 Å². The van der Waals surface area contributed by atoms with Crippen molar-refractivity contribution >= 4 is 22.0 Å². The molecule has 0 unspecified atom stereocenters. The molecule has 1 aromatic carbocycles. The van der Waals surface area contributed by atoms with Crippen LogP contribution in [0.3, 0.4) is 0 Å². The van der Waals surface area contributed by atoms with Crippen LogP contribution in [0, 0.1) is 0 Å². The summed E-state index contributed by atoms with van der Waals surface area (Å²) >= 11 is 3.31. The number of hydrogen-bond acceptors (Lipinski definition) is 2. The molecular weight excluding hydrogens is 313 g/mol. The van der Waals surface area contributed by atoms with Crippen LogP contribution in [0.1, 0.15) is 32.8 Å². The highest BCUT2D eigenvalue weighted by Gasteiger charge is 2.58. The molecule has 1 aliphatic carbocycles. The lowest BCUT2D eigenvalue weighted by molar-refractivity contribution is 0.0511. The van der Waals surface area contributed by atoms with E-state index in [-0.39, 0.29) is 6.42 Å². The van der Waals surface area contributed by atoms with E-state index < -0.39 is 23.4 Å². The Morgan fingerprint density at radius 2 is 2.21 bits per heavy atom. The summed E-state index contributed by atoms with van der Waals surface area (Å²) in [5, 5.41) is 2.57. The van der Waals surface area contributed by atoms with Crippen LogP contribution in [0.25, 0.3) is 0 Å². The van der Waals surface area contributed by atoms with Crippen molar-refractivity contribution in [2.24, 2.45) is 0 Å². The molecular formula is C14H17BrFNO2. The lowest BCUT2D eigenvalue weighted by atomic mass is 10.1. The summed E-state index contributed by atoms with van der Waals surface area (Å²) in [6, 6.07) is 6.56. The molecule has 1 amide bonds. The number of carbonyl (C=O) groups is 1. The summed E-state index contributed by atoms with van der Waals surface area (Å²) in [4.78, 5) is 11.6. The Balaban J connectivity index is 1.98. The summed E-state index contributed by atoms with van der Waals surface area (Å²) in [7, 11) is 0. The monoisotopic (exact) mass is 329 g/mol. The third-order valence-corrected chi connectivity index (χ3v) is 3.38. The van der Waals surface area contributed by atoms with Crippen LogP contribution in [0.2, 0.25) is 0 Å². The molecule has 1 saturated carbocycles. The fraction of sp³-hybridized carbons (Fsp3) is 0.500. The van der Waals surface area contributed by atoms with Crippen LogP contribution in [-0.4, -0.2) is 17.7 Å². The molecule has 1 aromatic rings. The molecule has 0 saturated heterocycles. The highest BCUT2D eigenvalue weighted by Crippen LogP contribution is 2.50. The molecule has 1 aliphatic rings. The van der Waals surface area contributed by atoms with Crippen molar-refractivity contribution < 1.29 is 13.9 Å². The molecule has 2 rings (SSSR count). The van der Waals surface area contributed by atoms with Crippen LogP contribution >= 0.6 is 15.9 Å². The van der Waals surface area contributed by atoms with E-state index >= 15 is 0 Å². The average molecular weight is 330 g/mol. The molecule has 1 fully saturated rings. The number of hydrogen-bond donors (Lipinski definition) is 1. The van der Waals surface area contributed by atoms with E-state index in [0.29, 0.717) is 5.56 Å². The fourth-order valence-corrected chi connectivity index (χ4v) is 2.32. The first-order chi connectivity index (χ1) is 8.71. The molecule has 0 heterocycles. The number of halogens is 2. The van der Waals surface area contributed by atoms with E-state index in [1.165, 1.54) is 0 Å². The smallest absolute Gasteiger partial charge is 0.407 e. The van der Waals surface area contributed by atoms with Gasteiger partial charge >= 0.3 is 6.09 Å². The number of rotatable bonds is 2. The quantitative estimate of drug-likeness (QED) is 0.893. The van der Waals surface area contributed by atoms with E-state index in [9.17, 15) is 9.18 Å². The Kier molecular flexibility index (Phi) is 3.60. The number of carbonyl (C=O) groups excluding carboxylic acids is 1. The van der Waals surface area contributed by atoms with Gasteiger partial charge in [0.05, 0.1) is 6.04 Å². The normalized spacial score (nSPS) is 25.8. The first-order valence-electron chi connectivity index (χ1n) is 6.15. The third-order valence-electron chi connectivity index (χ3n) is 2.89. The van der Waals surface area contributed by atoms with Gasteiger partial charge < -0.3 is 10.1 Å². The van der Waals surface area contributed by atoms with Gasteiger partial charge in [-0.3, -0.25) is 0 Å². The predicted octanol–water partition coefficient (Wildman–Crippen LogP) is 3.91. The van der Waals surface area contributed by atoms with Crippen molar-refractivity contribution in [3.05, 3.63) is 34.3 Å². The highest BCUT2D eigenvalue weighted by molar-refractivity contribution is 9.10. The molecule has 1 N–H and O–H groups in total. The van der Waals surface area contributed by atoms with E-state index in [4.69, 9.17) is 4.74 Å². The maximum atomic E-state index is 14.6. The van der Waals surface area contributed by atoms with Gasteiger partial charge in [0.1, 0.15) is 5.60 Å². The second kappa shape index (κ2) is 4.78. The van der Waals surface area contributed by atoms with Crippen molar-refractivity contribution in [2.45, 2.75) is 44.5 Å². The van der Waals surface area contributed by atoms with E-state index in [0.717, 1.165) is 4.47 Å². The molecule has 0 spiro atoms. The van der Waals surface area contributed by atoms with Crippen LogP contribution in [0.4, 0.5) is 9.18 Å². The first kappa shape index (κ1) is 14.3. The van der Waals surface area contributed by atoms with Crippen LogP contribution in [-0.2, 0) is 10.4 Å². The first-order valence-corrected chi connectivity index (χ1v) is 6.94. The summed E-state index contributed by atoms with van der Waals surface area (Å²) < 4.78 is 20.5. The van der Waals surface area contributed by atoms with Gasteiger partial charge in [0.15, 0.2) is 5.67 Å². The van der Waals surface area contributed by atoms with Crippen molar-refractivity contribution in [3.63, 3.8) is 0 Å². The Bertz CT molecular complexity index is 500. The highest BCUT2D eigenvalue weighted by atomic mass is 79.9. The number of amides is 1. The summed E-state index contributed by atoms with van der Waals surface area (Å²) in [5.41, 5.74) is -1.49. The third kappa shape index (κ3) is 3.47. The SMILES string of the molecule is CC(C)(C)OC(=O)N[C@H]1C[C@]1(F)c1cccc(Br)c1. The zero-order chi connectivity index (χ0) is 14.3. The predicted molar refractivity (Wildman–Crippen MR) is 74.7 cm³/mol. The molecule has 3 nitrogen and oxygen atoms in total. The minimum absolute atomic E-state index is 0.280. The summed E-state index contributed by atoms with van der Waals surface area (Å²) in [6.45, 7) is 5.32. The summed E-state index contributed by atoms with van der Waals surface area (Å²) in [6.07, 6.45) is -0.296. The minimum atomic E-state index is -1.49. The standard InChI is InChI=1S/C14H17BrFNO2/c1-13(2,3)19-12(18)17-11-8-14(11,16)9-5-4-6-10(15)7-9/h4-7,11H,8H2,1-3H3,(H,17,18)/t11-,14-/m0/s1. The van der Waals surface area contributed by atoms with Crippen molar-refractivity contribution in [1.29, 1.82) is 0 Å². The van der Waals surface area contributed by atoms with Crippen molar-refractivity contribution in [2.75, 3.05) is 0 Å². The van der Waals surface area contributed by atoms with E-state index in [1.807, 2.05) is 6.07 Å². The van der Waals surface area contributed by atoms with Gasteiger partial charge in [-0.1, -0.05) is 28.1 Å². The average Bonchev–Trinajstić information content (AvgIpc) is 2.87. The largest absolute Gasteiger partial charge is 0.444 e. The molecule has 19 heavy (non-hydrogen) atoms. The van der Waals surface area contributed by atoms with Crippen LogP contribution < -0.4 is 5.32 Å². The minimum Gasteiger partial charge on any atom is -0.444 e. The second-order valence-electron chi connectivity index (χ2n) is 5.78. The molecule has 104 valence electrons. The van der Waals surface area contributed by atoms with Crippen molar-refractivity contribution in [3.8, 4) is 0 Å². The maximum absolute atomic E-state index is 14.6. The zero-order valence-corrected chi connectivity index (χ0v) is 12.8. The molecule has 0 bridgehead atoms. The Labute approximate surface area is 120 Å². The molecule has 2 atom stereocenters. The Morgan fingerprint density at radius 1 is 1.53 bits per heavy atom. The lowest BCUT2D eigenvalue weighted by Gasteiger charge is -2.20. The number of alkyl halides is 1. The van der Waals surface area contributed by atoms with Gasteiger partial charge in [0.25, 0.3) is 0 Å². The number of ether oxygens (including phenoxy) is 1. The van der Waals surface area contributed by atoms with Gasteiger partial charge in [0.2, 0.25) is 0 Å². The van der Waals surface area contributed by atoms with Gasteiger partial charge in [-0.2, -0.15) is 0 Å². The van der Waals surface area contributed by atoms with Crippen LogP contribution in [0.15, 0.2) is 28.7 Å². The maximum Gasteiger partial charge on any atom is 0.407 e. The molecule has 5 heteroatoms. The van der Waals surface area contributed by atoms with E-state index in [2.05, 4.69) is 21.2 Å². The molecule has 0 aromatic heterocycles. The molecule has 0 aliphatic heterocycles. The number of benzene rings is 1. The Hall–Kier alpha value is -1.10. The van der Waals surface area contributed by atoms with Gasteiger partial charge in [-0.15, -0.1) is 0 Å². The number of nitrogens with one attached hydrogen (secondary N) is 1. The second-order valence-corrected chi connectivity index (χ2v) is 6.69. The molecule has 0 radical (unpaired) electrons. The summed E-state index contributed by atoms with van der Waals surface area (Å²) in [5.74, 6) is 0.